The van der Waals surface area contributed by atoms with E-state index in [0.717, 1.165) is 6.42 Å². The van der Waals surface area contributed by atoms with Crippen LogP contribution in [-0.2, 0) is 32.7 Å². The first-order valence-electron chi connectivity index (χ1n) is 5.11. The average Bonchev–Trinajstić information content (AvgIpc) is 2.52. The van der Waals surface area contributed by atoms with Crippen molar-refractivity contribution < 1.29 is 34.1 Å². The molecule has 0 aromatic heterocycles. The van der Waals surface area contributed by atoms with Gasteiger partial charge in [0.1, 0.15) is 0 Å². The topological polar surface area (TPSA) is 0 Å². The zero-order valence-electron chi connectivity index (χ0n) is 8.84. The van der Waals surface area contributed by atoms with Gasteiger partial charge in [-0.1, -0.05) is 6.92 Å². The number of rotatable bonds is 3. The molecule has 0 nitrogen and oxygen atoms in total. The fraction of sp³-hybridized carbons (Fsp3) is 1.00. The molecule has 63 valence electrons. The molecule has 1 rings (SSSR count). The monoisotopic (exact) mass is 249 g/mol. The predicted octanol–water partition coefficient (Wildman–Crippen LogP) is 3.23. The molecule has 0 aliphatic carbocycles. The molecule has 1 aliphatic heterocycles. The summed E-state index contributed by atoms with van der Waals surface area (Å²) in [6, 6.07) is 0. The molecule has 1 atom stereocenters. The molecular formula is C9H20PY+. The van der Waals surface area contributed by atoms with Gasteiger partial charge in [0.2, 0.25) is 0 Å². The first kappa shape index (κ1) is 10.6. The average molecular weight is 249 g/mol. The quantitative estimate of drug-likeness (QED) is 0.673. The molecule has 0 aromatic rings. The van der Waals surface area contributed by atoms with Crippen molar-refractivity contribution >= 4 is 7.26 Å². The Balaban J connectivity index is 0.00000121. The summed E-state index contributed by atoms with van der Waals surface area (Å²) in [7, 11) is -0.752. The van der Waals surface area contributed by atoms with E-state index >= 15 is 0 Å². The normalized spacial score (nSPS) is 25.5. The van der Waals surface area contributed by atoms with Gasteiger partial charge in [-0.25, -0.2) is 0 Å². The summed E-state index contributed by atoms with van der Waals surface area (Å²) in [6.07, 6.45) is 8.40. The van der Waals surface area contributed by atoms with Gasteiger partial charge in [-0.15, -0.1) is 0 Å². The Bertz CT molecular complexity index is 124. The van der Waals surface area contributed by atoms with Crippen LogP contribution in [0.1, 0.15) is 34.5 Å². The van der Waals surface area contributed by atoms with E-state index in [2.05, 4.69) is 13.8 Å². The molecule has 0 spiro atoms. The van der Waals surface area contributed by atoms with Crippen LogP contribution in [0.4, 0.5) is 0 Å². The summed E-state index contributed by atoms with van der Waals surface area (Å²) >= 11 is 0. The SMILES string of the molecule is [2H]C(CC)[P+]1(CC)CCCC1.[Y]. The maximum absolute atomic E-state index is 8.02. The smallest absolute Gasteiger partial charge is 0.0619 e. The van der Waals surface area contributed by atoms with Crippen LogP contribution in [0.3, 0.4) is 0 Å². The first-order chi connectivity index (χ1) is 5.25. The summed E-state index contributed by atoms with van der Waals surface area (Å²) in [6.45, 7) is 4.48. The van der Waals surface area contributed by atoms with E-state index in [0.29, 0.717) is 6.14 Å². The van der Waals surface area contributed by atoms with E-state index in [1.807, 2.05) is 0 Å². The minimum atomic E-state index is -0.752. The van der Waals surface area contributed by atoms with Gasteiger partial charge in [-0.2, -0.15) is 0 Å². The molecule has 1 saturated heterocycles. The molecule has 0 bridgehead atoms. The summed E-state index contributed by atoms with van der Waals surface area (Å²) in [5, 5.41) is 0. The summed E-state index contributed by atoms with van der Waals surface area (Å²) < 4.78 is 8.02. The van der Waals surface area contributed by atoms with Crippen molar-refractivity contribution in [3.63, 3.8) is 0 Å². The maximum Gasteiger partial charge on any atom is 0.0708 e. The van der Waals surface area contributed by atoms with Crippen LogP contribution in [0.15, 0.2) is 0 Å². The zero-order chi connectivity index (χ0) is 8.32. The van der Waals surface area contributed by atoms with Crippen LogP contribution in [0, 0.1) is 0 Å². The van der Waals surface area contributed by atoms with Crippen molar-refractivity contribution in [3.05, 3.63) is 0 Å². The second-order valence-electron chi connectivity index (χ2n) is 3.28. The standard InChI is InChI=1S/C9H20P.Y/c1-3-7-10(4-2)8-5-6-9-10;/h3-9H2,1-2H3;/q+1;/i7D;. The maximum atomic E-state index is 8.02. The third-order valence-corrected chi connectivity index (χ3v) is 7.47. The van der Waals surface area contributed by atoms with E-state index in [4.69, 9.17) is 1.37 Å². The van der Waals surface area contributed by atoms with Gasteiger partial charge >= 0.3 is 0 Å². The second kappa shape index (κ2) is 6.06. The van der Waals surface area contributed by atoms with Crippen molar-refractivity contribution in [1.82, 2.24) is 0 Å². The molecule has 11 heavy (non-hydrogen) atoms. The van der Waals surface area contributed by atoms with Crippen LogP contribution in [0.2, 0.25) is 0 Å². The van der Waals surface area contributed by atoms with Gasteiger partial charge in [0, 0.05) is 40.0 Å². The van der Waals surface area contributed by atoms with Crippen LogP contribution < -0.4 is 0 Å². The molecule has 2 heteroatoms. The molecule has 1 fully saturated rings. The minimum Gasteiger partial charge on any atom is -0.0619 e. The van der Waals surface area contributed by atoms with E-state index in [-0.39, 0.29) is 32.7 Å². The summed E-state index contributed by atoms with van der Waals surface area (Å²) in [4.78, 5) is 0. The van der Waals surface area contributed by atoms with Crippen molar-refractivity contribution in [2.45, 2.75) is 33.1 Å². The van der Waals surface area contributed by atoms with Crippen molar-refractivity contribution in [1.29, 1.82) is 0 Å². The predicted molar refractivity (Wildman–Crippen MR) is 51.6 cm³/mol. The Morgan fingerprint density at radius 3 is 2.18 bits per heavy atom. The van der Waals surface area contributed by atoms with Crippen LogP contribution >= 0.6 is 7.26 Å². The van der Waals surface area contributed by atoms with Crippen LogP contribution in [0.5, 0.6) is 0 Å². The molecule has 1 heterocycles. The van der Waals surface area contributed by atoms with Gasteiger partial charge in [-0.05, 0) is 26.2 Å². The third-order valence-electron chi connectivity index (χ3n) is 2.66. The Labute approximate surface area is 98.5 Å². The fourth-order valence-electron chi connectivity index (χ4n) is 1.98. The molecule has 0 N–H and O–H groups in total. The molecule has 1 radical (unpaired) electrons. The third kappa shape index (κ3) is 3.41. The van der Waals surface area contributed by atoms with Gasteiger partial charge in [-0.3, -0.25) is 0 Å². The van der Waals surface area contributed by atoms with Crippen molar-refractivity contribution in [2.75, 3.05) is 24.6 Å². The Morgan fingerprint density at radius 1 is 1.27 bits per heavy atom. The zero-order valence-corrected chi connectivity index (χ0v) is 11.6. The van der Waals surface area contributed by atoms with Crippen LogP contribution in [-0.4, -0.2) is 24.6 Å². The minimum absolute atomic E-state index is 0. The van der Waals surface area contributed by atoms with Gasteiger partial charge < -0.3 is 0 Å². The van der Waals surface area contributed by atoms with Gasteiger partial charge in [0.15, 0.2) is 0 Å². The van der Waals surface area contributed by atoms with Gasteiger partial charge in [0.05, 0.1) is 26.0 Å². The van der Waals surface area contributed by atoms with Crippen LogP contribution in [0.25, 0.3) is 0 Å². The first-order valence-corrected chi connectivity index (χ1v) is 6.94. The van der Waals surface area contributed by atoms with Crippen molar-refractivity contribution in [2.24, 2.45) is 0 Å². The summed E-state index contributed by atoms with van der Waals surface area (Å²) in [5.41, 5.74) is 0. The van der Waals surface area contributed by atoms with E-state index < -0.39 is 7.26 Å². The molecule has 0 aromatic carbocycles. The molecule has 1 unspecified atom stereocenters. The Morgan fingerprint density at radius 2 is 1.82 bits per heavy atom. The number of hydrogen-bond donors (Lipinski definition) is 0. The van der Waals surface area contributed by atoms with E-state index in [1.165, 1.54) is 31.3 Å². The molecule has 1 aliphatic rings. The summed E-state index contributed by atoms with van der Waals surface area (Å²) in [5.74, 6) is 0. The number of hydrogen-bond acceptors (Lipinski definition) is 0. The van der Waals surface area contributed by atoms with E-state index in [9.17, 15) is 0 Å². The second-order valence-corrected chi connectivity index (χ2v) is 7.61. The fourth-order valence-corrected chi connectivity index (χ4v) is 5.94. The Kier molecular flexibility index (Phi) is 5.85. The van der Waals surface area contributed by atoms with Gasteiger partial charge in [0.25, 0.3) is 0 Å². The largest absolute Gasteiger partial charge is 0.0708 e. The Hall–Kier alpha value is 1.53. The van der Waals surface area contributed by atoms with E-state index in [1.54, 1.807) is 0 Å². The molecule has 0 saturated carbocycles. The molecular weight excluding hydrogens is 228 g/mol. The molecule has 0 amide bonds. The van der Waals surface area contributed by atoms with Crippen molar-refractivity contribution in [3.8, 4) is 0 Å².